The number of amides is 1. The number of hydrogen-bond donors (Lipinski definition) is 2. The number of carbonyl (C=O) groups excluding carboxylic acids is 1. The van der Waals surface area contributed by atoms with Crippen molar-refractivity contribution in [3.63, 3.8) is 0 Å². The molecule has 1 unspecified atom stereocenters. The van der Waals surface area contributed by atoms with Gasteiger partial charge in [-0.25, -0.2) is 5.84 Å². The number of ether oxygens (including phenoxy) is 1. The van der Waals surface area contributed by atoms with Crippen molar-refractivity contribution in [3.8, 4) is 0 Å². The van der Waals surface area contributed by atoms with Gasteiger partial charge >= 0.3 is 0 Å². The van der Waals surface area contributed by atoms with Crippen LogP contribution in [0.15, 0.2) is 21.6 Å². The molecule has 0 aliphatic rings. The molecule has 1 rings (SSSR count). The van der Waals surface area contributed by atoms with Crippen LogP contribution in [-0.4, -0.2) is 24.9 Å². The van der Waals surface area contributed by atoms with Gasteiger partial charge in [-0.2, -0.15) is 0 Å². The predicted octanol–water partition coefficient (Wildman–Crippen LogP) is 0.685. The largest absolute Gasteiger partial charge is 0.468 e. The SMILES string of the molecule is COCC(Sc1ccoc1C)C(=O)NN. The summed E-state index contributed by atoms with van der Waals surface area (Å²) in [4.78, 5) is 12.3. The monoisotopic (exact) mass is 230 g/mol. The van der Waals surface area contributed by atoms with Gasteiger partial charge in [0, 0.05) is 12.0 Å². The second-order valence-corrected chi connectivity index (χ2v) is 4.16. The maximum atomic E-state index is 11.4. The molecule has 0 radical (unpaired) electrons. The Hall–Kier alpha value is -0.980. The van der Waals surface area contributed by atoms with E-state index in [0.29, 0.717) is 6.61 Å². The van der Waals surface area contributed by atoms with Gasteiger partial charge in [0.05, 0.1) is 12.9 Å². The van der Waals surface area contributed by atoms with Crippen molar-refractivity contribution in [3.05, 3.63) is 18.1 Å². The molecule has 0 saturated heterocycles. The normalized spacial score (nSPS) is 12.5. The Morgan fingerprint density at radius 2 is 2.53 bits per heavy atom. The van der Waals surface area contributed by atoms with Gasteiger partial charge in [0.2, 0.25) is 5.91 Å². The third-order valence-electron chi connectivity index (χ3n) is 1.83. The van der Waals surface area contributed by atoms with Gasteiger partial charge in [0.15, 0.2) is 0 Å². The molecule has 6 heteroatoms. The van der Waals surface area contributed by atoms with Crippen LogP contribution >= 0.6 is 11.8 Å². The Balaban J connectivity index is 2.66. The van der Waals surface area contributed by atoms with Crippen LogP contribution in [0.3, 0.4) is 0 Å². The van der Waals surface area contributed by atoms with E-state index < -0.39 is 0 Å². The molecule has 0 aliphatic heterocycles. The molecule has 1 aromatic rings. The van der Waals surface area contributed by atoms with Gasteiger partial charge in [-0.1, -0.05) is 0 Å². The maximum Gasteiger partial charge on any atom is 0.249 e. The van der Waals surface area contributed by atoms with E-state index in [9.17, 15) is 4.79 Å². The number of rotatable bonds is 5. The lowest BCUT2D eigenvalue weighted by atomic mass is 10.4. The summed E-state index contributed by atoms with van der Waals surface area (Å²) in [5.41, 5.74) is 2.11. The molecule has 84 valence electrons. The highest BCUT2D eigenvalue weighted by molar-refractivity contribution is 8.00. The summed E-state index contributed by atoms with van der Waals surface area (Å²) >= 11 is 1.37. The minimum Gasteiger partial charge on any atom is -0.468 e. The van der Waals surface area contributed by atoms with E-state index in [1.54, 1.807) is 13.4 Å². The van der Waals surface area contributed by atoms with Gasteiger partial charge in [0.1, 0.15) is 11.0 Å². The predicted molar refractivity (Wildman–Crippen MR) is 57.3 cm³/mol. The minimum absolute atomic E-state index is 0.262. The van der Waals surface area contributed by atoms with Crippen LogP contribution in [0.5, 0.6) is 0 Å². The lowest BCUT2D eigenvalue weighted by molar-refractivity contribution is -0.121. The number of thioether (sulfide) groups is 1. The highest BCUT2D eigenvalue weighted by atomic mass is 32.2. The van der Waals surface area contributed by atoms with Gasteiger partial charge in [-0.3, -0.25) is 10.2 Å². The average Bonchev–Trinajstić information content (AvgIpc) is 2.63. The molecule has 1 heterocycles. The Morgan fingerprint density at radius 3 is 3.00 bits per heavy atom. The van der Waals surface area contributed by atoms with Crippen molar-refractivity contribution in [1.29, 1.82) is 0 Å². The summed E-state index contributed by atoms with van der Waals surface area (Å²) in [7, 11) is 1.54. The van der Waals surface area contributed by atoms with Gasteiger partial charge in [-0.15, -0.1) is 11.8 Å². The van der Waals surface area contributed by atoms with Crippen LogP contribution in [0.4, 0.5) is 0 Å². The van der Waals surface area contributed by atoms with E-state index in [1.165, 1.54) is 11.8 Å². The Bertz CT molecular complexity index is 327. The molecule has 0 spiro atoms. The van der Waals surface area contributed by atoms with E-state index in [4.69, 9.17) is 15.0 Å². The first-order chi connectivity index (χ1) is 7.19. The van der Waals surface area contributed by atoms with Crippen molar-refractivity contribution in [2.24, 2.45) is 5.84 Å². The molecule has 0 saturated carbocycles. The second kappa shape index (κ2) is 5.79. The van der Waals surface area contributed by atoms with Gasteiger partial charge < -0.3 is 9.15 Å². The summed E-state index contributed by atoms with van der Waals surface area (Å²) in [5.74, 6) is 5.60. The molecule has 1 atom stereocenters. The van der Waals surface area contributed by atoms with E-state index >= 15 is 0 Å². The quantitative estimate of drug-likeness (QED) is 0.337. The molecule has 1 amide bonds. The third kappa shape index (κ3) is 3.26. The number of hydrazine groups is 1. The average molecular weight is 230 g/mol. The zero-order chi connectivity index (χ0) is 11.3. The van der Waals surface area contributed by atoms with Crippen LogP contribution in [0, 0.1) is 6.92 Å². The van der Waals surface area contributed by atoms with Crippen molar-refractivity contribution < 1.29 is 13.9 Å². The van der Waals surface area contributed by atoms with Gasteiger partial charge in [0.25, 0.3) is 0 Å². The first kappa shape index (κ1) is 12.1. The molecule has 5 nitrogen and oxygen atoms in total. The molecular formula is C9H14N2O3S. The molecule has 1 aromatic heterocycles. The second-order valence-electron chi connectivity index (χ2n) is 2.91. The van der Waals surface area contributed by atoms with Gasteiger partial charge in [-0.05, 0) is 13.0 Å². The van der Waals surface area contributed by atoms with Crippen molar-refractivity contribution in [2.45, 2.75) is 17.1 Å². The third-order valence-corrected chi connectivity index (χ3v) is 3.15. The molecule has 0 bridgehead atoms. The lowest BCUT2D eigenvalue weighted by Gasteiger charge is -2.12. The fourth-order valence-corrected chi connectivity index (χ4v) is 2.09. The number of aryl methyl sites for hydroxylation is 1. The van der Waals surface area contributed by atoms with E-state index in [1.807, 2.05) is 13.0 Å². The smallest absolute Gasteiger partial charge is 0.249 e. The van der Waals surface area contributed by atoms with Crippen LogP contribution in [0.25, 0.3) is 0 Å². The molecule has 0 fully saturated rings. The van der Waals surface area contributed by atoms with Crippen LogP contribution in [0.1, 0.15) is 5.76 Å². The van der Waals surface area contributed by atoms with E-state index in [-0.39, 0.29) is 11.2 Å². The Labute approximate surface area is 92.3 Å². The first-order valence-corrected chi connectivity index (χ1v) is 5.27. The van der Waals surface area contributed by atoms with Crippen molar-refractivity contribution >= 4 is 17.7 Å². The van der Waals surface area contributed by atoms with Crippen LogP contribution in [-0.2, 0) is 9.53 Å². The van der Waals surface area contributed by atoms with E-state index in [0.717, 1.165) is 10.7 Å². The Kier molecular flexibility index (Phi) is 4.67. The number of carbonyl (C=O) groups is 1. The molecule has 15 heavy (non-hydrogen) atoms. The Morgan fingerprint density at radius 1 is 1.80 bits per heavy atom. The molecule has 3 N–H and O–H groups in total. The highest BCUT2D eigenvalue weighted by Crippen LogP contribution is 2.27. The highest BCUT2D eigenvalue weighted by Gasteiger charge is 2.20. The fourth-order valence-electron chi connectivity index (χ4n) is 1.06. The number of methoxy groups -OCH3 is 1. The minimum atomic E-state index is -0.365. The zero-order valence-corrected chi connectivity index (χ0v) is 9.47. The summed E-state index contributed by atoms with van der Waals surface area (Å²) in [6.07, 6.45) is 1.59. The fraction of sp³-hybridized carbons (Fsp3) is 0.444. The lowest BCUT2D eigenvalue weighted by Crippen LogP contribution is -2.39. The number of furan rings is 1. The number of nitrogens with one attached hydrogen (secondary N) is 1. The molecular weight excluding hydrogens is 216 g/mol. The summed E-state index contributed by atoms with van der Waals surface area (Å²) < 4.78 is 10.1. The first-order valence-electron chi connectivity index (χ1n) is 4.39. The topological polar surface area (TPSA) is 77.5 Å². The summed E-state index contributed by atoms with van der Waals surface area (Å²) in [6.45, 7) is 2.14. The summed E-state index contributed by atoms with van der Waals surface area (Å²) in [5, 5.41) is -0.365. The van der Waals surface area contributed by atoms with E-state index in [2.05, 4.69) is 5.43 Å². The standard InChI is InChI=1S/C9H14N2O3S/c1-6-7(3-4-14-6)15-8(5-13-2)9(12)11-10/h3-4,8H,5,10H2,1-2H3,(H,11,12). The zero-order valence-electron chi connectivity index (χ0n) is 8.65. The number of nitrogens with two attached hydrogens (primary N) is 1. The maximum absolute atomic E-state index is 11.4. The summed E-state index contributed by atoms with van der Waals surface area (Å²) in [6, 6.07) is 1.81. The molecule has 0 aromatic carbocycles. The van der Waals surface area contributed by atoms with Crippen LogP contribution < -0.4 is 11.3 Å². The van der Waals surface area contributed by atoms with Crippen molar-refractivity contribution in [2.75, 3.05) is 13.7 Å². The number of hydrogen-bond acceptors (Lipinski definition) is 5. The van der Waals surface area contributed by atoms with Crippen LogP contribution in [0.2, 0.25) is 0 Å². The molecule has 0 aliphatic carbocycles. The van der Waals surface area contributed by atoms with Crippen molar-refractivity contribution in [1.82, 2.24) is 5.43 Å².